The van der Waals surface area contributed by atoms with E-state index in [1.165, 1.54) is 0 Å². The maximum Gasteiger partial charge on any atom is 0.242 e. The standard InChI is InChI=1S/C16H24N2O2S/c1-2-14(12-19)17-16(20)15(13-6-4-3-5-7-13)18-8-10-21-11-9-18/h3-7,14-15,19H,2,8-12H2,1H3,(H,17,20). The van der Waals surface area contributed by atoms with Gasteiger partial charge in [0.15, 0.2) is 0 Å². The van der Waals surface area contributed by atoms with Crippen molar-refractivity contribution >= 4 is 17.7 Å². The smallest absolute Gasteiger partial charge is 0.242 e. The van der Waals surface area contributed by atoms with E-state index in [0.717, 1.165) is 36.6 Å². The fourth-order valence-corrected chi connectivity index (χ4v) is 3.49. The van der Waals surface area contributed by atoms with E-state index in [0.29, 0.717) is 0 Å². The van der Waals surface area contributed by atoms with Gasteiger partial charge < -0.3 is 10.4 Å². The van der Waals surface area contributed by atoms with Crippen molar-refractivity contribution in [2.45, 2.75) is 25.4 Å². The van der Waals surface area contributed by atoms with Gasteiger partial charge in [0.05, 0.1) is 12.6 Å². The molecule has 0 radical (unpaired) electrons. The third-order valence-electron chi connectivity index (χ3n) is 3.83. The Morgan fingerprint density at radius 3 is 2.57 bits per heavy atom. The third kappa shape index (κ3) is 4.46. The van der Waals surface area contributed by atoms with Crippen LogP contribution in [-0.2, 0) is 4.79 Å². The number of rotatable bonds is 6. The summed E-state index contributed by atoms with van der Waals surface area (Å²) in [4.78, 5) is 14.9. The molecule has 1 saturated heterocycles. The lowest BCUT2D eigenvalue weighted by atomic mass is 10.0. The first-order valence-electron chi connectivity index (χ1n) is 7.54. The van der Waals surface area contributed by atoms with E-state index < -0.39 is 0 Å². The van der Waals surface area contributed by atoms with Gasteiger partial charge >= 0.3 is 0 Å². The number of amides is 1. The summed E-state index contributed by atoms with van der Waals surface area (Å²) in [6.07, 6.45) is 0.736. The van der Waals surface area contributed by atoms with Gasteiger partial charge in [0.25, 0.3) is 0 Å². The molecule has 1 aromatic carbocycles. The van der Waals surface area contributed by atoms with E-state index in [1.54, 1.807) is 0 Å². The van der Waals surface area contributed by atoms with E-state index in [2.05, 4.69) is 10.2 Å². The molecule has 1 aromatic rings. The van der Waals surface area contributed by atoms with Crippen LogP contribution in [0.3, 0.4) is 0 Å². The molecule has 21 heavy (non-hydrogen) atoms. The van der Waals surface area contributed by atoms with Crippen LogP contribution in [0.25, 0.3) is 0 Å². The summed E-state index contributed by atoms with van der Waals surface area (Å²) in [5.74, 6) is 2.12. The molecule has 5 heteroatoms. The van der Waals surface area contributed by atoms with Gasteiger partial charge in [-0.3, -0.25) is 9.69 Å². The predicted octanol–water partition coefficient (Wildman–Crippen LogP) is 1.66. The van der Waals surface area contributed by atoms with Crippen LogP contribution in [0.2, 0.25) is 0 Å². The highest BCUT2D eigenvalue weighted by molar-refractivity contribution is 7.99. The third-order valence-corrected chi connectivity index (χ3v) is 4.78. The van der Waals surface area contributed by atoms with Crippen molar-refractivity contribution in [1.29, 1.82) is 0 Å². The summed E-state index contributed by atoms with van der Waals surface area (Å²) in [7, 11) is 0. The largest absolute Gasteiger partial charge is 0.394 e. The molecule has 1 aliphatic heterocycles. The number of hydrogen-bond donors (Lipinski definition) is 2. The monoisotopic (exact) mass is 308 g/mol. The molecule has 0 aromatic heterocycles. The zero-order valence-electron chi connectivity index (χ0n) is 12.5. The molecule has 0 aliphatic carbocycles. The number of thioether (sulfide) groups is 1. The molecule has 2 atom stereocenters. The zero-order chi connectivity index (χ0) is 15.1. The topological polar surface area (TPSA) is 52.6 Å². The first-order valence-corrected chi connectivity index (χ1v) is 8.69. The minimum atomic E-state index is -0.257. The Balaban J connectivity index is 2.16. The molecule has 2 N–H and O–H groups in total. The van der Waals surface area contributed by atoms with Gasteiger partial charge in [-0.1, -0.05) is 37.3 Å². The minimum absolute atomic E-state index is 0.00556. The minimum Gasteiger partial charge on any atom is -0.394 e. The average Bonchev–Trinajstić information content (AvgIpc) is 2.55. The van der Waals surface area contributed by atoms with Crippen LogP contribution in [0.4, 0.5) is 0 Å². The number of hydrogen-bond acceptors (Lipinski definition) is 4. The molecule has 0 spiro atoms. The Morgan fingerprint density at radius 2 is 2.00 bits per heavy atom. The van der Waals surface area contributed by atoms with Gasteiger partial charge in [0.1, 0.15) is 6.04 Å². The van der Waals surface area contributed by atoms with Crippen molar-refractivity contribution in [1.82, 2.24) is 10.2 Å². The van der Waals surface area contributed by atoms with Crippen molar-refractivity contribution in [2.75, 3.05) is 31.2 Å². The molecule has 116 valence electrons. The summed E-state index contributed by atoms with van der Waals surface area (Å²) in [6, 6.07) is 9.50. The first kappa shape index (κ1) is 16.3. The number of carbonyl (C=O) groups is 1. The number of aliphatic hydroxyl groups is 1. The fourth-order valence-electron chi connectivity index (χ4n) is 2.56. The molecule has 0 bridgehead atoms. The molecule has 1 amide bonds. The van der Waals surface area contributed by atoms with Crippen molar-refractivity contribution in [3.8, 4) is 0 Å². The second-order valence-electron chi connectivity index (χ2n) is 5.26. The van der Waals surface area contributed by atoms with Crippen LogP contribution in [0.1, 0.15) is 24.9 Å². The quantitative estimate of drug-likeness (QED) is 0.839. The Kier molecular flexibility index (Phi) is 6.54. The van der Waals surface area contributed by atoms with Crippen molar-refractivity contribution < 1.29 is 9.90 Å². The maximum absolute atomic E-state index is 12.7. The Bertz CT molecular complexity index is 431. The van der Waals surface area contributed by atoms with Crippen LogP contribution in [-0.4, -0.2) is 53.2 Å². The normalized spacial score (nSPS) is 19.0. The van der Waals surface area contributed by atoms with E-state index in [-0.39, 0.29) is 24.6 Å². The fraction of sp³-hybridized carbons (Fsp3) is 0.562. The second kappa shape index (κ2) is 8.41. The Morgan fingerprint density at radius 1 is 1.33 bits per heavy atom. The van der Waals surface area contributed by atoms with Crippen molar-refractivity contribution in [3.63, 3.8) is 0 Å². The lowest BCUT2D eigenvalue weighted by Crippen LogP contribution is -2.47. The highest BCUT2D eigenvalue weighted by Gasteiger charge is 2.29. The van der Waals surface area contributed by atoms with Gasteiger partial charge in [0, 0.05) is 24.6 Å². The number of aliphatic hydroxyl groups excluding tert-OH is 1. The van der Waals surface area contributed by atoms with Gasteiger partial charge in [-0.25, -0.2) is 0 Å². The maximum atomic E-state index is 12.7. The molecule has 0 saturated carbocycles. The van der Waals surface area contributed by atoms with E-state index in [1.807, 2.05) is 49.0 Å². The van der Waals surface area contributed by atoms with Crippen LogP contribution in [0.15, 0.2) is 30.3 Å². The summed E-state index contributed by atoms with van der Waals surface area (Å²) in [5, 5.41) is 12.3. The molecular formula is C16H24N2O2S. The van der Waals surface area contributed by atoms with Gasteiger partial charge in [-0.2, -0.15) is 11.8 Å². The van der Waals surface area contributed by atoms with Gasteiger partial charge in [-0.05, 0) is 12.0 Å². The predicted molar refractivity (Wildman–Crippen MR) is 87.4 cm³/mol. The molecule has 2 unspecified atom stereocenters. The molecule has 1 fully saturated rings. The summed E-state index contributed by atoms with van der Waals surface area (Å²) in [6.45, 7) is 3.80. The SMILES string of the molecule is CCC(CO)NC(=O)C(c1ccccc1)N1CCSCC1. The first-order chi connectivity index (χ1) is 10.3. The Hall–Kier alpha value is -1.04. The van der Waals surface area contributed by atoms with Crippen LogP contribution in [0.5, 0.6) is 0 Å². The van der Waals surface area contributed by atoms with Crippen LogP contribution in [0, 0.1) is 0 Å². The van der Waals surface area contributed by atoms with Crippen molar-refractivity contribution in [2.24, 2.45) is 0 Å². The van der Waals surface area contributed by atoms with Gasteiger partial charge in [0.2, 0.25) is 5.91 Å². The van der Waals surface area contributed by atoms with Crippen molar-refractivity contribution in [3.05, 3.63) is 35.9 Å². The molecule has 1 aliphatic rings. The molecule has 1 heterocycles. The lowest BCUT2D eigenvalue weighted by molar-refractivity contribution is -0.127. The number of benzene rings is 1. The van der Waals surface area contributed by atoms with E-state index >= 15 is 0 Å². The average molecular weight is 308 g/mol. The number of carbonyl (C=O) groups excluding carboxylic acids is 1. The van der Waals surface area contributed by atoms with Crippen LogP contribution >= 0.6 is 11.8 Å². The van der Waals surface area contributed by atoms with Crippen LogP contribution < -0.4 is 5.32 Å². The second-order valence-corrected chi connectivity index (χ2v) is 6.48. The molecule has 4 nitrogen and oxygen atoms in total. The summed E-state index contributed by atoms with van der Waals surface area (Å²) >= 11 is 1.93. The lowest BCUT2D eigenvalue weighted by Gasteiger charge is -2.34. The highest BCUT2D eigenvalue weighted by atomic mass is 32.2. The van der Waals surface area contributed by atoms with E-state index in [4.69, 9.17) is 0 Å². The van der Waals surface area contributed by atoms with E-state index in [9.17, 15) is 9.90 Å². The number of nitrogens with zero attached hydrogens (tertiary/aromatic N) is 1. The highest BCUT2D eigenvalue weighted by Crippen LogP contribution is 2.24. The summed E-state index contributed by atoms with van der Waals surface area (Å²) in [5.41, 5.74) is 1.02. The molecule has 2 rings (SSSR count). The molecular weight excluding hydrogens is 284 g/mol. The Labute approximate surface area is 130 Å². The van der Waals surface area contributed by atoms with Gasteiger partial charge in [-0.15, -0.1) is 0 Å². The zero-order valence-corrected chi connectivity index (χ0v) is 13.3. The summed E-state index contributed by atoms with van der Waals surface area (Å²) < 4.78 is 0. The number of nitrogens with one attached hydrogen (secondary N) is 1.